The molecule has 1 aliphatic rings. The zero-order chi connectivity index (χ0) is 60.3. The molecule has 1 heterocycles. The summed E-state index contributed by atoms with van der Waals surface area (Å²) in [5.41, 5.74) is 0. The highest BCUT2D eigenvalue weighted by Crippen LogP contribution is 2.27. The molecule has 0 amide bonds. The summed E-state index contributed by atoms with van der Waals surface area (Å²) in [6.07, 6.45) is 62.8. The standard InChI is InChI=1S/C71H122O12/c1-4-7-10-13-16-19-22-25-28-31-32-35-36-39-42-45-48-51-54-57-63(72)79-60-62(81-64(73)58-55-52-49-46-43-40-37-33-29-26-23-20-17-14-11-8-5-2)61-80-71-69(67(76)66(75)68(83-71)70(77)78)82-65(74)59-56-53-50-47-44-41-38-34-30-27-24-21-18-15-12-9-6-3/h9,12,16,18-19,21,25-30,62,66-69,71,75-76H,4-8,10-11,13-15,17,20,22-24,31-61H2,1-3H3,(H,77,78)/b12-9-,19-16-,21-18-,28-25-,29-26-,30-27-. The number of carboxylic acid groups (broad SMARTS) is 1. The summed E-state index contributed by atoms with van der Waals surface area (Å²) in [5, 5.41) is 31.6. The number of carbonyl (C=O) groups is 4. The average molecular weight is 1170 g/mol. The molecule has 0 aromatic carbocycles. The maximum atomic E-state index is 13.2. The predicted molar refractivity (Wildman–Crippen MR) is 340 cm³/mol. The van der Waals surface area contributed by atoms with E-state index in [1.165, 1.54) is 116 Å². The van der Waals surface area contributed by atoms with Crippen LogP contribution in [-0.4, -0.2) is 89.2 Å². The number of aliphatic carboxylic acids is 1. The van der Waals surface area contributed by atoms with E-state index in [-0.39, 0.29) is 25.9 Å². The molecular formula is C71H122O12. The third-order valence-electron chi connectivity index (χ3n) is 15.2. The number of hydrogen-bond donors (Lipinski definition) is 3. The fraction of sp³-hybridized carbons (Fsp3) is 0.775. The van der Waals surface area contributed by atoms with Gasteiger partial charge in [-0.25, -0.2) is 4.79 Å². The Morgan fingerprint density at radius 2 is 0.759 bits per heavy atom. The first-order chi connectivity index (χ1) is 40.6. The van der Waals surface area contributed by atoms with Crippen molar-refractivity contribution in [2.45, 2.75) is 340 Å². The summed E-state index contributed by atoms with van der Waals surface area (Å²) in [7, 11) is 0. The van der Waals surface area contributed by atoms with Gasteiger partial charge < -0.3 is 39.0 Å². The van der Waals surface area contributed by atoms with Gasteiger partial charge in [-0.2, -0.15) is 0 Å². The van der Waals surface area contributed by atoms with Gasteiger partial charge in [0.25, 0.3) is 0 Å². The average Bonchev–Trinajstić information content (AvgIpc) is 3.55. The van der Waals surface area contributed by atoms with Gasteiger partial charge >= 0.3 is 23.9 Å². The summed E-state index contributed by atoms with van der Waals surface area (Å²) in [4.78, 5) is 51.4. The highest BCUT2D eigenvalue weighted by Gasteiger charge is 2.50. The van der Waals surface area contributed by atoms with E-state index in [0.29, 0.717) is 19.3 Å². The van der Waals surface area contributed by atoms with Crippen molar-refractivity contribution < 1.29 is 58.2 Å². The third kappa shape index (κ3) is 48.0. The fourth-order valence-electron chi connectivity index (χ4n) is 10.1. The van der Waals surface area contributed by atoms with Gasteiger partial charge in [0.05, 0.1) is 6.61 Å². The van der Waals surface area contributed by atoms with Crippen molar-refractivity contribution in [2.75, 3.05) is 13.2 Å². The van der Waals surface area contributed by atoms with Crippen molar-refractivity contribution in [2.24, 2.45) is 0 Å². The van der Waals surface area contributed by atoms with Crippen molar-refractivity contribution in [3.63, 3.8) is 0 Å². The zero-order valence-electron chi connectivity index (χ0n) is 52.9. The van der Waals surface area contributed by atoms with E-state index in [0.717, 1.165) is 128 Å². The minimum absolute atomic E-state index is 0.0476. The Morgan fingerprint density at radius 1 is 0.410 bits per heavy atom. The van der Waals surface area contributed by atoms with E-state index in [1.54, 1.807) is 0 Å². The van der Waals surface area contributed by atoms with Gasteiger partial charge in [-0.05, 0) is 109 Å². The number of aliphatic hydroxyl groups is 2. The summed E-state index contributed by atoms with van der Waals surface area (Å²) in [6.45, 7) is 5.89. The van der Waals surface area contributed by atoms with Gasteiger partial charge in [0.2, 0.25) is 0 Å². The minimum Gasteiger partial charge on any atom is -0.479 e. The summed E-state index contributed by atoms with van der Waals surface area (Å²) < 4.78 is 28.6. The van der Waals surface area contributed by atoms with Crippen LogP contribution in [0.3, 0.4) is 0 Å². The topological polar surface area (TPSA) is 175 Å². The first-order valence-corrected chi connectivity index (χ1v) is 33.9. The molecule has 0 aliphatic carbocycles. The first kappa shape index (κ1) is 77.2. The van der Waals surface area contributed by atoms with Gasteiger partial charge in [0, 0.05) is 19.3 Å². The second-order valence-electron chi connectivity index (χ2n) is 23.1. The Hall–Kier alpha value is -3.84. The van der Waals surface area contributed by atoms with Crippen LogP contribution < -0.4 is 0 Å². The molecule has 0 aromatic rings. The van der Waals surface area contributed by atoms with Crippen molar-refractivity contribution in [3.8, 4) is 0 Å². The number of carboxylic acids is 1. The maximum Gasteiger partial charge on any atom is 0.335 e. The van der Waals surface area contributed by atoms with Crippen LogP contribution in [0.2, 0.25) is 0 Å². The summed E-state index contributed by atoms with van der Waals surface area (Å²) in [5.74, 6) is -3.12. The second kappa shape index (κ2) is 58.5. The monoisotopic (exact) mass is 1170 g/mol. The van der Waals surface area contributed by atoms with Crippen LogP contribution in [-0.2, 0) is 42.9 Å². The van der Waals surface area contributed by atoms with Crippen LogP contribution in [0.5, 0.6) is 0 Å². The quantitative estimate of drug-likeness (QED) is 0.0228. The van der Waals surface area contributed by atoms with Crippen molar-refractivity contribution >= 4 is 23.9 Å². The molecule has 1 aliphatic heterocycles. The maximum absolute atomic E-state index is 13.2. The molecule has 1 fully saturated rings. The normalized spacial score (nSPS) is 18.0. The molecule has 0 aromatic heterocycles. The van der Waals surface area contributed by atoms with E-state index >= 15 is 0 Å². The molecule has 3 N–H and O–H groups in total. The molecule has 6 atom stereocenters. The lowest BCUT2D eigenvalue weighted by atomic mass is 9.98. The number of hydrogen-bond acceptors (Lipinski definition) is 11. The number of carbonyl (C=O) groups excluding carboxylic acids is 3. The first-order valence-electron chi connectivity index (χ1n) is 33.9. The van der Waals surface area contributed by atoms with Gasteiger partial charge in [0.1, 0.15) is 18.8 Å². The Labute approximate surface area is 506 Å². The Balaban J connectivity index is 2.65. The molecular weight excluding hydrogens is 1040 g/mol. The van der Waals surface area contributed by atoms with E-state index in [4.69, 9.17) is 23.7 Å². The smallest absolute Gasteiger partial charge is 0.335 e. The van der Waals surface area contributed by atoms with Crippen LogP contribution in [0.1, 0.15) is 303 Å². The summed E-state index contributed by atoms with van der Waals surface area (Å²) >= 11 is 0. The van der Waals surface area contributed by atoms with Crippen molar-refractivity contribution in [3.05, 3.63) is 72.9 Å². The molecule has 83 heavy (non-hydrogen) atoms. The number of aliphatic hydroxyl groups excluding tert-OH is 2. The number of allylic oxidation sites excluding steroid dienone is 12. The van der Waals surface area contributed by atoms with E-state index in [2.05, 4.69) is 93.7 Å². The Morgan fingerprint density at radius 3 is 1.19 bits per heavy atom. The highest BCUT2D eigenvalue weighted by atomic mass is 16.7. The van der Waals surface area contributed by atoms with Gasteiger partial charge in [-0.3, -0.25) is 14.4 Å². The van der Waals surface area contributed by atoms with Crippen molar-refractivity contribution in [1.29, 1.82) is 0 Å². The van der Waals surface area contributed by atoms with E-state index < -0.39 is 67.3 Å². The molecule has 6 unspecified atom stereocenters. The van der Waals surface area contributed by atoms with Crippen molar-refractivity contribution in [1.82, 2.24) is 0 Å². The molecule has 0 bridgehead atoms. The zero-order valence-corrected chi connectivity index (χ0v) is 52.9. The molecule has 0 spiro atoms. The number of rotatable bonds is 58. The molecule has 0 radical (unpaired) electrons. The molecule has 1 saturated heterocycles. The Bertz CT molecular complexity index is 1720. The lowest BCUT2D eigenvalue weighted by Crippen LogP contribution is -2.61. The molecule has 0 saturated carbocycles. The van der Waals surface area contributed by atoms with Crippen LogP contribution >= 0.6 is 0 Å². The number of unbranched alkanes of at least 4 members (excludes halogenated alkanes) is 32. The minimum atomic E-state index is -1.91. The van der Waals surface area contributed by atoms with E-state index in [9.17, 15) is 34.5 Å². The molecule has 478 valence electrons. The van der Waals surface area contributed by atoms with Gasteiger partial charge in [-0.15, -0.1) is 0 Å². The van der Waals surface area contributed by atoms with Gasteiger partial charge in [0.15, 0.2) is 24.6 Å². The highest BCUT2D eigenvalue weighted by molar-refractivity contribution is 5.74. The van der Waals surface area contributed by atoms with Crippen LogP contribution in [0.15, 0.2) is 72.9 Å². The predicted octanol–water partition coefficient (Wildman–Crippen LogP) is 18.5. The van der Waals surface area contributed by atoms with Crippen LogP contribution in [0, 0.1) is 0 Å². The third-order valence-corrected chi connectivity index (χ3v) is 15.2. The Kier molecular flexibility index (Phi) is 54.4. The fourth-order valence-corrected chi connectivity index (χ4v) is 10.1. The second-order valence-corrected chi connectivity index (χ2v) is 23.1. The molecule has 1 rings (SSSR count). The van der Waals surface area contributed by atoms with Gasteiger partial charge in [-0.1, -0.05) is 248 Å². The molecule has 12 heteroatoms. The number of ether oxygens (including phenoxy) is 5. The van der Waals surface area contributed by atoms with E-state index in [1.807, 2.05) is 0 Å². The SMILES string of the molecule is CC/C=C\C/C=C\C/C=C\CCCCCCCCCC(=O)OC1C(OCC(COC(=O)CCCCCCCCCCC/C=C\C/C=C\CCCCC)OC(=O)CCCCCCCCC/C=C\CCCCCCCC)OC(C(=O)O)C(O)C1O. The van der Waals surface area contributed by atoms with Crippen LogP contribution in [0.4, 0.5) is 0 Å². The number of esters is 3. The largest absolute Gasteiger partial charge is 0.479 e. The van der Waals surface area contributed by atoms with Crippen LogP contribution in [0.25, 0.3) is 0 Å². The molecule has 12 nitrogen and oxygen atoms in total. The lowest BCUT2D eigenvalue weighted by molar-refractivity contribution is -0.301. The summed E-state index contributed by atoms with van der Waals surface area (Å²) in [6, 6.07) is 0. The lowest BCUT2D eigenvalue weighted by Gasteiger charge is -2.40.